The molecule has 0 saturated carbocycles. The number of aliphatic hydroxyl groups excluding tert-OH is 1. The summed E-state index contributed by atoms with van der Waals surface area (Å²) in [6.45, 7) is 2.69. The molecule has 0 bridgehead atoms. The third kappa shape index (κ3) is 3.41. The molecular weight excluding hydrogens is 369 g/mol. The monoisotopic (exact) mass is 389 g/mol. The second-order valence-electron chi connectivity index (χ2n) is 6.87. The smallest absolute Gasteiger partial charge is 0.206 e. The van der Waals surface area contributed by atoms with E-state index < -0.39 is 0 Å². The second-order valence-corrected chi connectivity index (χ2v) is 7.69. The molecule has 0 unspecified atom stereocenters. The number of fused-ring (bicyclic) bond motifs is 1. The first-order valence-electron chi connectivity index (χ1n) is 8.90. The van der Waals surface area contributed by atoms with Gasteiger partial charge in [-0.2, -0.15) is 0 Å². The van der Waals surface area contributed by atoms with Gasteiger partial charge in [-0.3, -0.25) is 0 Å². The predicted octanol–water partition coefficient (Wildman–Crippen LogP) is 4.60. The van der Waals surface area contributed by atoms with Gasteiger partial charge in [-0.25, -0.2) is 4.98 Å². The maximum Gasteiger partial charge on any atom is 0.206 e. The van der Waals surface area contributed by atoms with Crippen LogP contribution in [-0.4, -0.2) is 34.4 Å². The molecule has 4 nitrogen and oxygen atoms in total. The average Bonchev–Trinajstić information content (AvgIpc) is 3.03. The van der Waals surface area contributed by atoms with Gasteiger partial charge in [0.15, 0.2) is 0 Å². The molecule has 0 radical (unpaired) electrons. The van der Waals surface area contributed by atoms with Crippen LogP contribution in [0.4, 0.5) is 5.95 Å². The molecule has 1 aliphatic rings. The molecule has 136 valence electrons. The lowest BCUT2D eigenvalue weighted by Crippen LogP contribution is -2.38. The van der Waals surface area contributed by atoms with E-state index >= 15 is 0 Å². The minimum absolute atomic E-state index is 0.226. The maximum absolute atomic E-state index is 9.58. The molecule has 1 saturated heterocycles. The van der Waals surface area contributed by atoms with E-state index in [2.05, 4.69) is 15.5 Å². The third-order valence-corrected chi connectivity index (χ3v) is 5.76. The van der Waals surface area contributed by atoms with Gasteiger partial charge in [-0.1, -0.05) is 41.4 Å². The van der Waals surface area contributed by atoms with E-state index in [-0.39, 0.29) is 6.61 Å². The van der Waals surface area contributed by atoms with Crippen molar-refractivity contribution in [2.45, 2.75) is 19.4 Å². The Morgan fingerprint density at radius 3 is 2.77 bits per heavy atom. The number of para-hydroxylation sites is 2. The zero-order valence-corrected chi connectivity index (χ0v) is 15.9. The minimum atomic E-state index is 0.226. The number of piperidine rings is 1. The van der Waals surface area contributed by atoms with Crippen LogP contribution in [0.25, 0.3) is 11.0 Å². The first kappa shape index (κ1) is 17.7. The van der Waals surface area contributed by atoms with Crippen molar-refractivity contribution in [3.63, 3.8) is 0 Å². The molecule has 0 amide bonds. The Morgan fingerprint density at radius 2 is 1.96 bits per heavy atom. The Hall–Kier alpha value is -1.75. The highest BCUT2D eigenvalue weighted by atomic mass is 35.5. The van der Waals surface area contributed by atoms with Gasteiger partial charge in [0.1, 0.15) is 0 Å². The topological polar surface area (TPSA) is 41.3 Å². The number of hydrogen-bond donors (Lipinski definition) is 1. The number of nitrogens with zero attached hydrogens (tertiary/aromatic N) is 3. The molecule has 6 heteroatoms. The van der Waals surface area contributed by atoms with E-state index in [0.717, 1.165) is 48.5 Å². The quantitative estimate of drug-likeness (QED) is 0.708. The van der Waals surface area contributed by atoms with Crippen molar-refractivity contribution in [3.05, 3.63) is 58.1 Å². The van der Waals surface area contributed by atoms with Gasteiger partial charge in [0.05, 0.1) is 27.6 Å². The fourth-order valence-electron chi connectivity index (χ4n) is 3.68. The third-order valence-electron chi connectivity index (χ3n) is 5.02. The van der Waals surface area contributed by atoms with Crippen molar-refractivity contribution in [3.8, 4) is 0 Å². The van der Waals surface area contributed by atoms with E-state index in [1.165, 1.54) is 0 Å². The molecule has 4 rings (SSSR count). The number of aliphatic hydroxyl groups is 1. The van der Waals surface area contributed by atoms with Gasteiger partial charge in [0.2, 0.25) is 5.95 Å². The lowest BCUT2D eigenvalue weighted by atomic mass is 9.99. The van der Waals surface area contributed by atoms with Crippen LogP contribution in [0.1, 0.15) is 18.4 Å². The van der Waals surface area contributed by atoms with Gasteiger partial charge in [0.25, 0.3) is 0 Å². The molecular formula is C20H21Cl2N3O. The molecule has 26 heavy (non-hydrogen) atoms. The summed E-state index contributed by atoms with van der Waals surface area (Å²) in [5, 5.41) is 10.7. The Bertz CT molecular complexity index is 925. The normalized spacial score (nSPS) is 17.8. The van der Waals surface area contributed by atoms with E-state index in [1.54, 1.807) is 0 Å². The van der Waals surface area contributed by atoms with E-state index in [0.29, 0.717) is 22.5 Å². The number of benzene rings is 2. The molecule has 2 aromatic carbocycles. The lowest BCUT2D eigenvalue weighted by molar-refractivity contribution is 0.208. The van der Waals surface area contributed by atoms with E-state index in [9.17, 15) is 5.11 Å². The lowest BCUT2D eigenvalue weighted by Gasteiger charge is -2.33. The first-order valence-corrected chi connectivity index (χ1v) is 9.66. The van der Waals surface area contributed by atoms with E-state index in [4.69, 9.17) is 28.2 Å². The van der Waals surface area contributed by atoms with Gasteiger partial charge in [0, 0.05) is 19.7 Å². The van der Waals surface area contributed by atoms with Crippen molar-refractivity contribution in [2.24, 2.45) is 5.92 Å². The van der Waals surface area contributed by atoms with Crippen LogP contribution in [0, 0.1) is 5.92 Å². The Labute approximate surface area is 163 Å². The molecule has 1 N–H and O–H groups in total. The van der Waals surface area contributed by atoms with Crippen molar-refractivity contribution in [1.82, 2.24) is 9.55 Å². The molecule has 1 aromatic heterocycles. The number of aromatic nitrogens is 2. The molecule has 1 fully saturated rings. The summed E-state index contributed by atoms with van der Waals surface area (Å²) in [7, 11) is 0. The first-order chi connectivity index (χ1) is 12.7. The number of hydrogen-bond acceptors (Lipinski definition) is 3. The highest BCUT2D eigenvalue weighted by molar-refractivity contribution is 6.42. The molecule has 1 atom stereocenters. The number of anilines is 1. The predicted molar refractivity (Wildman–Crippen MR) is 107 cm³/mol. The number of halogens is 2. The fourth-order valence-corrected chi connectivity index (χ4v) is 4.00. The summed E-state index contributed by atoms with van der Waals surface area (Å²) in [5.74, 6) is 1.26. The van der Waals surface area contributed by atoms with Gasteiger partial charge >= 0.3 is 0 Å². The molecule has 1 aliphatic heterocycles. The zero-order valence-electron chi connectivity index (χ0n) is 14.4. The summed E-state index contributed by atoms with van der Waals surface area (Å²) in [5.41, 5.74) is 3.16. The van der Waals surface area contributed by atoms with Crippen LogP contribution < -0.4 is 4.90 Å². The Kier molecular flexibility index (Phi) is 5.07. The minimum Gasteiger partial charge on any atom is -0.396 e. The highest BCUT2D eigenvalue weighted by Crippen LogP contribution is 2.29. The molecule has 0 aliphatic carbocycles. The van der Waals surface area contributed by atoms with Gasteiger partial charge in [-0.05, 0) is 48.6 Å². The zero-order chi connectivity index (χ0) is 18.1. The second kappa shape index (κ2) is 7.47. The summed E-state index contributed by atoms with van der Waals surface area (Å²) in [6.07, 6.45) is 2.14. The van der Waals surface area contributed by atoms with Crippen LogP contribution in [0.15, 0.2) is 42.5 Å². The highest BCUT2D eigenvalue weighted by Gasteiger charge is 2.24. The number of rotatable bonds is 4. The SMILES string of the molecule is OC[C@@H]1CCCN(c2nc3ccccc3n2Cc2ccc(Cl)c(Cl)c2)C1. The van der Waals surface area contributed by atoms with E-state index in [1.807, 2.05) is 36.4 Å². The Morgan fingerprint density at radius 1 is 1.12 bits per heavy atom. The largest absolute Gasteiger partial charge is 0.396 e. The van der Waals surface area contributed by atoms with Crippen molar-refractivity contribution in [2.75, 3.05) is 24.6 Å². The average molecular weight is 390 g/mol. The molecule has 0 spiro atoms. The maximum atomic E-state index is 9.58. The fraction of sp³-hybridized carbons (Fsp3) is 0.350. The summed E-state index contributed by atoms with van der Waals surface area (Å²) in [6, 6.07) is 13.9. The standard InChI is InChI=1S/C20H21Cl2N3O/c21-16-8-7-14(10-17(16)22)12-25-19-6-2-1-5-18(19)23-20(25)24-9-3-4-15(11-24)13-26/h1-2,5-8,10,15,26H,3-4,9,11-13H2/t15-/m1/s1. The van der Waals surface area contributed by atoms with Crippen molar-refractivity contribution in [1.29, 1.82) is 0 Å². The van der Waals surface area contributed by atoms with Gasteiger partial charge in [-0.15, -0.1) is 0 Å². The Balaban J connectivity index is 1.75. The van der Waals surface area contributed by atoms with Crippen LogP contribution >= 0.6 is 23.2 Å². The number of imidazole rings is 1. The van der Waals surface area contributed by atoms with Gasteiger partial charge < -0.3 is 14.6 Å². The van der Waals surface area contributed by atoms with Crippen molar-refractivity contribution < 1.29 is 5.11 Å². The van der Waals surface area contributed by atoms with Crippen LogP contribution in [-0.2, 0) is 6.54 Å². The summed E-state index contributed by atoms with van der Waals surface area (Å²) >= 11 is 12.3. The van der Waals surface area contributed by atoms with Crippen LogP contribution in [0.3, 0.4) is 0 Å². The molecule has 2 heterocycles. The van der Waals surface area contributed by atoms with Crippen LogP contribution in [0.2, 0.25) is 10.0 Å². The summed E-state index contributed by atoms with van der Waals surface area (Å²) < 4.78 is 2.23. The molecule has 3 aromatic rings. The van der Waals surface area contributed by atoms with Crippen LogP contribution in [0.5, 0.6) is 0 Å². The van der Waals surface area contributed by atoms with Crippen molar-refractivity contribution >= 4 is 40.2 Å². The summed E-state index contributed by atoms with van der Waals surface area (Å²) in [4.78, 5) is 7.18.